The summed E-state index contributed by atoms with van der Waals surface area (Å²) in [5.74, 6) is 4.18. The Morgan fingerprint density at radius 3 is 2.21 bits per heavy atom. The first-order valence-corrected chi connectivity index (χ1v) is 7.67. The predicted octanol–water partition coefficient (Wildman–Crippen LogP) is 2.98. The molecule has 4 saturated carbocycles. The summed E-state index contributed by atoms with van der Waals surface area (Å²) in [4.78, 5) is 0. The van der Waals surface area contributed by atoms with E-state index >= 15 is 0 Å². The smallest absolute Gasteiger partial charge is 0.233 e. The van der Waals surface area contributed by atoms with Gasteiger partial charge in [0, 0.05) is 6.92 Å². The van der Waals surface area contributed by atoms with E-state index in [-0.39, 0.29) is 6.04 Å². The lowest BCUT2D eigenvalue weighted by atomic mass is 9.48. The van der Waals surface area contributed by atoms with Crippen LogP contribution in [0.4, 0.5) is 0 Å². The third kappa shape index (κ3) is 2.00. The molecule has 4 fully saturated rings. The Kier molecular flexibility index (Phi) is 2.53. The van der Waals surface area contributed by atoms with Crippen LogP contribution in [0, 0.1) is 30.1 Å². The summed E-state index contributed by atoms with van der Waals surface area (Å²) in [7, 11) is 0. The molecule has 5 rings (SSSR count). The topological polar surface area (TPSA) is 64.9 Å². The Bertz CT molecular complexity index is 446. The highest BCUT2D eigenvalue weighted by atomic mass is 16.4. The Morgan fingerprint density at radius 2 is 1.74 bits per heavy atom. The first-order valence-electron chi connectivity index (χ1n) is 7.67. The van der Waals surface area contributed by atoms with E-state index in [0.717, 1.165) is 24.2 Å². The van der Waals surface area contributed by atoms with Crippen LogP contribution in [0.25, 0.3) is 0 Å². The Morgan fingerprint density at radius 1 is 1.16 bits per heavy atom. The minimum Gasteiger partial charge on any atom is -0.424 e. The van der Waals surface area contributed by atoms with Gasteiger partial charge >= 0.3 is 0 Å². The lowest BCUT2D eigenvalue weighted by Gasteiger charge is -2.57. The number of hydrogen-bond acceptors (Lipinski definition) is 4. The number of aryl methyl sites for hydroxylation is 1. The predicted molar refractivity (Wildman–Crippen MR) is 71.2 cm³/mol. The molecule has 0 aliphatic heterocycles. The maximum atomic E-state index is 6.33. The van der Waals surface area contributed by atoms with Crippen molar-refractivity contribution >= 4 is 0 Å². The summed E-state index contributed by atoms with van der Waals surface area (Å²) in [5, 5.41) is 8.01. The zero-order chi connectivity index (χ0) is 13.0. The minimum atomic E-state index is -0.0718. The molecule has 4 nitrogen and oxygen atoms in total. The van der Waals surface area contributed by atoms with Crippen LogP contribution in [0.5, 0.6) is 0 Å². The second kappa shape index (κ2) is 4.05. The van der Waals surface area contributed by atoms with Crippen molar-refractivity contribution in [3.05, 3.63) is 11.8 Å². The first-order chi connectivity index (χ1) is 9.12. The molecule has 0 spiro atoms. The van der Waals surface area contributed by atoms with Crippen molar-refractivity contribution in [1.29, 1.82) is 0 Å². The van der Waals surface area contributed by atoms with Gasteiger partial charge in [-0.25, -0.2) is 0 Å². The molecule has 2 N–H and O–H groups in total. The van der Waals surface area contributed by atoms with E-state index in [9.17, 15) is 0 Å². The molecule has 0 radical (unpaired) electrons. The van der Waals surface area contributed by atoms with Crippen LogP contribution in [-0.4, -0.2) is 10.2 Å². The van der Waals surface area contributed by atoms with Gasteiger partial charge in [0.1, 0.15) is 0 Å². The van der Waals surface area contributed by atoms with Gasteiger partial charge in [-0.2, -0.15) is 0 Å². The van der Waals surface area contributed by atoms with Gasteiger partial charge in [-0.3, -0.25) is 0 Å². The summed E-state index contributed by atoms with van der Waals surface area (Å²) in [6, 6.07) is -0.0718. The molecule has 1 unspecified atom stereocenters. The molecule has 1 heterocycles. The molecule has 19 heavy (non-hydrogen) atoms. The molecule has 1 aromatic rings. The maximum absolute atomic E-state index is 6.33. The fraction of sp³-hybridized carbons (Fsp3) is 0.867. The summed E-state index contributed by atoms with van der Waals surface area (Å²) >= 11 is 0. The van der Waals surface area contributed by atoms with Crippen LogP contribution in [0.15, 0.2) is 4.42 Å². The molecule has 1 aromatic heterocycles. The molecule has 1 atom stereocenters. The molecule has 0 saturated heterocycles. The lowest BCUT2D eigenvalue weighted by molar-refractivity contribution is -0.0615. The van der Waals surface area contributed by atoms with Gasteiger partial charge in [-0.1, -0.05) is 0 Å². The third-order valence-corrected chi connectivity index (χ3v) is 5.68. The molecular formula is C15H23N3O. The van der Waals surface area contributed by atoms with E-state index in [1.54, 1.807) is 0 Å². The second-order valence-electron chi connectivity index (χ2n) is 7.39. The molecule has 104 valence electrons. The van der Waals surface area contributed by atoms with Crippen molar-refractivity contribution in [2.24, 2.45) is 28.9 Å². The van der Waals surface area contributed by atoms with Crippen molar-refractivity contribution in [2.75, 3.05) is 0 Å². The highest BCUT2D eigenvalue weighted by molar-refractivity contribution is 5.04. The van der Waals surface area contributed by atoms with Crippen molar-refractivity contribution in [3.8, 4) is 0 Å². The van der Waals surface area contributed by atoms with E-state index in [1.807, 2.05) is 6.92 Å². The lowest BCUT2D eigenvalue weighted by Crippen LogP contribution is -2.47. The normalized spacial score (nSPS) is 41.7. The van der Waals surface area contributed by atoms with Crippen molar-refractivity contribution < 1.29 is 4.42 Å². The van der Waals surface area contributed by atoms with Crippen LogP contribution in [-0.2, 0) is 0 Å². The van der Waals surface area contributed by atoms with Gasteiger partial charge in [0.25, 0.3) is 0 Å². The van der Waals surface area contributed by atoms with Gasteiger partial charge < -0.3 is 10.2 Å². The second-order valence-corrected chi connectivity index (χ2v) is 7.39. The molecule has 0 amide bonds. The van der Waals surface area contributed by atoms with Gasteiger partial charge in [0.2, 0.25) is 11.8 Å². The zero-order valence-electron chi connectivity index (χ0n) is 11.6. The van der Waals surface area contributed by atoms with Gasteiger partial charge in [-0.15, -0.1) is 10.2 Å². The average molecular weight is 261 g/mol. The Balaban J connectivity index is 1.53. The molecular weight excluding hydrogens is 238 g/mol. The van der Waals surface area contributed by atoms with E-state index in [1.165, 1.54) is 38.5 Å². The fourth-order valence-corrected chi connectivity index (χ4v) is 5.56. The Hall–Kier alpha value is -0.900. The zero-order valence-corrected chi connectivity index (χ0v) is 11.6. The van der Waals surface area contributed by atoms with Crippen LogP contribution < -0.4 is 5.73 Å². The number of aromatic nitrogens is 2. The van der Waals surface area contributed by atoms with E-state index in [0.29, 0.717) is 17.2 Å². The highest BCUT2D eigenvalue weighted by Crippen LogP contribution is 2.62. The largest absolute Gasteiger partial charge is 0.424 e. The monoisotopic (exact) mass is 261 g/mol. The van der Waals surface area contributed by atoms with E-state index < -0.39 is 0 Å². The van der Waals surface area contributed by atoms with Crippen molar-refractivity contribution in [3.63, 3.8) is 0 Å². The molecule has 4 heteroatoms. The molecule has 4 aliphatic carbocycles. The van der Waals surface area contributed by atoms with E-state index in [4.69, 9.17) is 10.2 Å². The standard InChI is InChI=1S/C15H23N3O/c1-9-17-18-14(19-9)13(16)8-15-5-10-2-11(6-15)4-12(3-10)7-15/h10-13H,2-8,16H2,1H3. The highest BCUT2D eigenvalue weighted by Gasteiger charge is 2.51. The van der Waals surface area contributed by atoms with Gasteiger partial charge in [-0.05, 0) is 68.1 Å². The molecule has 4 aliphatic rings. The summed E-state index contributed by atoms with van der Waals surface area (Å²) in [6.45, 7) is 1.83. The van der Waals surface area contributed by atoms with Gasteiger partial charge in [0.15, 0.2) is 0 Å². The van der Waals surface area contributed by atoms with Crippen LogP contribution in [0.2, 0.25) is 0 Å². The Labute approximate surface area is 114 Å². The van der Waals surface area contributed by atoms with Crippen LogP contribution in [0.1, 0.15) is 62.8 Å². The van der Waals surface area contributed by atoms with Gasteiger partial charge in [0.05, 0.1) is 6.04 Å². The third-order valence-electron chi connectivity index (χ3n) is 5.68. The van der Waals surface area contributed by atoms with E-state index in [2.05, 4.69) is 10.2 Å². The summed E-state index contributed by atoms with van der Waals surface area (Å²) < 4.78 is 5.51. The quantitative estimate of drug-likeness (QED) is 0.908. The van der Waals surface area contributed by atoms with Crippen LogP contribution in [0.3, 0.4) is 0 Å². The van der Waals surface area contributed by atoms with Crippen molar-refractivity contribution in [2.45, 2.75) is 57.9 Å². The average Bonchev–Trinajstić information content (AvgIpc) is 2.73. The molecule has 4 bridgehead atoms. The van der Waals surface area contributed by atoms with Crippen LogP contribution >= 0.6 is 0 Å². The number of rotatable bonds is 3. The number of hydrogen-bond donors (Lipinski definition) is 1. The molecule has 0 aromatic carbocycles. The first kappa shape index (κ1) is 11.9. The SMILES string of the molecule is Cc1nnc(C(N)CC23CC4CC(CC(C4)C2)C3)o1. The summed E-state index contributed by atoms with van der Waals surface area (Å²) in [6.07, 6.45) is 9.65. The number of nitrogens with two attached hydrogens (primary N) is 1. The minimum absolute atomic E-state index is 0.0718. The fourth-order valence-electron chi connectivity index (χ4n) is 5.56. The summed E-state index contributed by atoms with van der Waals surface area (Å²) in [5.41, 5.74) is 6.82. The van der Waals surface area contributed by atoms with Crippen molar-refractivity contribution in [1.82, 2.24) is 10.2 Å². The maximum Gasteiger partial charge on any atom is 0.233 e. The number of nitrogens with zero attached hydrogens (tertiary/aromatic N) is 2.